The molecule has 0 bridgehead atoms. The number of hydrogen-bond donors (Lipinski definition) is 0. The Morgan fingerprint density at radius 1 is 1.06 bits per heavy atom. The van der Waals surface area contributed by atoms with Crippen LogP contribution in [0.2, 0.25) is 0 Å². The third-order valence-corrected chi connectivity index (χ3v) is 5.75. The van der Waals surface area contributed by atoms with Crippen LogP contribution in [0.5, 0.6) is 0 Å². The average Bonchev–Trinajstić information content (AvgIpc) is 3.26. The number of methoxy groups -OCH3 is 1. The van der Waals surface area contributed by atoms with Gasteiger partial charge in [0.1, 0.15) is 0 Å². The van der Waals surface area contributed by atoms with Crippen LogP contribution in [0.15, 0.2) is 59.0 Å². The Morgan fingerprint density at radius 2 is 1.81 bits per heavy atom. The van der Waals surface area contributed by atoms with Crippen LogP contribution in [0.4, 0.5) is 0 Å². The van der Waals surface area contributed by atoms with Crippen LogP contribution >= 0.6 is 0 Å². The van der Waals surface area contributed by atoms with Gasteiger partial charge in [-0.2, -0.15) is 0 Å². The Kier molecular flexibility index (Phi) is 7.10. The number of aromatic nitrogens is 2. The molecule has 162 valence electrons. The molecule has 1 atom stereocenters. The quantitative estimate of drug-likeness (QED) is 0.549. The molecule has 0 N–H and O–H groups in total. The maximum atomic E-state index is 12.6. The van der Waals surface area contributed by atoms with Crippen LogP contribution in [-0.2, 0) is 22.4 Å². The van der Waals surface area contributed by atoms with Crippen LogP contribution in [0, 0.1) is 5.92 Å². The smallest absolute Gasteiger partial charge is 0.223 e. The van der Waals surface area contributed by atoms with Crippen molar-refractivity contribution in [1.82, 2.24) is 15.1 Å². The largest absolute Gasteiger partial charge is 0.425 e. The molecule has 1 fully saturated rings. The van der Waals surface area contributed by atoms with E-state index in [1.54, 1.807) is 7.11 Å². The predicted molar refractivity (Wildman–Crippen MR) is 118 cm³/mol. The number of aryl methyl sites for hydroxylation is 1. The number of ether oxygens (including phenoxy) is 1. The van der Waals surface area contributed by atoms with E-state index >= 15 is 0 Å². The second kappa shape index (κ2) is 10.4. The molecule has 3 aromatic rings. The molecule has 6 nitrogen and oxygen atoms in total. The SMILES string of the molecule is COCC1CCCN(C(=O)CCc2nnc(Cc3ccc(-c4ccccc4)cc3)o2)C1. The molecule has 1 aliphatic heterocycles. The van der Waals surface area contributed by atoms with Gasteiger partial charge < -0.3 is 14.1 Å². The van der Waals surface area contributed by atoms with Gasteiger partial charge in [0.15, 0.2) is 0 Å². The van der Waals surface area contributed by atoms with Gasteiger partial charge in [-0.3, -0.25) is 4.79 Å². The summed E-state index contributed by atoms with van der Waals surface area (Å²) >= 11 is 0. The molecule has 1 amide bonds. The van der Waals surface area contributed by atoms with E-state index in [-0.39, 0.29) is 5.91 Å². The first-order valence-electron chi connectivity index (χ1n) is 10.9. The topological polar surface area (TPSA) is 68.5 Å². The fourth-order valence-corrected chi connectivity index (χ4v) is 4.12. The number of carbonyl (C=O) groups excluding carboxylic acids is 1. The second-order valence-corrected chi connectivity index (χ2v) is 8.13. The number of rotatable bonds is 8. The van der Waals surface area contributed by atoms with Gasteiger partial charge in [-0.25, -0.2) is 0 Å². The van der Waals surface area contributed by atoms with Crippen molar-refractivity contribution in [3.8, 4) is 11.1 Å². The van der Waals surface area contributed by atoms with Crippen LogP contribution in [0.25, 0.3) is 11.1 Å². The van der Waals surface area contributed by atoms with E-state index in [2.05, 4.69) is 46.6 Å². The molecule has 2 aromatic carbocycles. The number of carbonyl (C=O) groups is 1. The predicted octanol–water partition coefficient (Wildman–Crippen LogP) is 4.15. The first-order valence-corrected chi connectivity index (χ1v) is 10.9. The lowest BCUT2D eigenvalue weighted by Gasteiger charge is -2.32. The number of nitrogens with zero attached hydrogens (tertiary/aromatic N) is 3. The minimum Gasteiger partial charge on any atom is -0.425 e. The minimum atomic E-state index is 0.150. The van der Waals surface area contributed by atoms with Crippen LogP contribution in [0.3, 0.4) is 0 Å². The average molecular weight is 420 g/mol. The Hall–Kier alpha value is -2.99. The molecule has 1 aliphatic rings. The zero-order valence-electron chi connectivity index (χ0n) is 18.0. The highest BCUT2D eigenvalue weighted by molar-refractivity contribution is 5.76. The highest BCUT2D eigenvalue weighted by Crippen LogP contribution is 2.21. The molecule has 1 unspecified atom stereocenters. The first-order chi connectivity index (χ1) is 15.2. The number of amides is 1. The summed E-state index contributed by atoms with van der Waals surface area (Å²) < 4.78 is 11.0. The molecule has 1 saturated heterocycles. The van der Waals surface area contributed by atoms with Crippen molar-refractivity contribution in [2.45, 2.75) is 32.1 Å². The first kappa shape index (κ1) is 21.2. The Morgan fingerprint density at radius 3 is 2.58 bits per heavy atom. The fourth-order valence-electron chi connectivity index (χ4n) is 4.12. The zero-order valence-corrected chi connectivity index (χ0v) is 18.0. The number of likely N-dealkylation sites (tertiary alicyclic amines) is 1. The summed E-state index contributed by atoms with van der Waals surface area (Å²) in [4.78, 5) is 14.5. The van der Waals surface area contributed by atoms with E-state index in [0.717, 1.165) is 31.5 Å². The van der Waals surface area contributed by atoms with Crippen molar-refractivity contribution < 1.29 is 13.9 Å². The van der Waals surface area contributed by atoms with Crippen molar-refractivity contribution in [3.05, 3.63) is 71.9 Å². The van der Waals surface area contributed by atoms with Crippen molar-refractivity contribution in [2.75, 3.05) is 26.8 Å². The second-order valence-electron chi connectivity index (χ2n) is 8.13. The van der Waals surface area contributed by atoms with E-state index in [9.17, 15) is 4.79 Å². The van der Waals surface area contributed by atoms with Crippen molar-refractivity contribution in [2.24, 2.45) is 5.92 Å². The van der Waals surface area contributed by atoms with Crippen LogP contribution in [0.1, 0.15) is 36.6 Å². The zero-order chi connectivity index (χ0) is 21.5. The van der Waals surface area contributed by atoms with E-state index in [1.807, 2.05) is 23.1 Å². The van der Waals surface area contributed by atoms with Crippen LogP contribution in [-0.4, -0.2) is 47.8 Å². The molecule has 6 heteroatoms. The summed E-state index contributed by atoms with van der Waals surface area (Å²) in [6.45, 7) is 2.32. The third-order valence-electron chi connectivity index (χ3n) is 5.75. The van der Waals surface area contributed by atoms with Gasteiger partial charge >= 0.3 is 0 Å². The van der Waals surface area contributed by atoms with Crippen LogP contribution < -0.4 is 0 Å². The molecule has 1 aromatic heterocycles. The summed E-state index contributed by atoms with van der Waals surface area (Å²) in [7, 11) is 1.71. The highest BCUT2D eigenvalue weighted by Gasteiger charge is 2.23. The number of piperidine rings is 1. The maximum Gasteiger partial charge on any atom is 0.223 e. The van der Waals surface area contributed by atoms with Gasteiger partial charge in [0.25, 0.3) is 0 Å². The van der Waals surface area contributed by atoms with Crippen molar-refractivity contribution in [3.63, 3.8) is 0 Å². The summed E-state index contributed by atoms with van der Waals surface area (Å²) in [5, 5.41) is 8.29. The Balaban J connectivity index is 1.28. The van der Waals surface area contributed by atoms with Gasteiger partial charge in [0.2, 0.25) is 17.7 Å². The normalized spacial score (nSPS) is 16.4. The van der Waals surface area contributed by atoms with Crippen molar-refractivity contribution >= 4 is 5.91 Å². The van der Waals surface area contributed by atoms with Gasteiger partial charge in [0, 0.05) is 33.0 Å². The Bertz CT molecular complexity index is 967. The molecule has 0 aliphatic carbocycles. The van der Waals surface area contributed by atoms with Gasteiger partial charge in [-0.1, -0.05) is 54.6 Å². The summed E-state index contributed by atoms with van der Waals surface area (Å²) in [5.74, 6) is 1.69. The molecular weight excluding hydrogens is 390 g/mol. The summed E-state index contributed by atoms with van der Waals surface area (Å²) in [5.41, 5.74) is 3.49. The van der Waals surface area contributed by atoms with E-state index in [4.69, 9.17) is 9.15 Å². The number of hydrogen-bond acceptors (Lipinski definition) is 5. The minimum absolute atomic E-state index is 0.150. The summed E-state index contributed by atoms with van der Waals surface area (Å²) in [6.07, 6.45) is 3.61. The molecule has 0 radical (unpaired) electrons. The molecule has 0 saturated carbocycles. The van der Waals surface area contributed by atoms with E-state index in [1.165, 1.54) is 11.1 Å². The molecule has 31 heavy (non-hydrogen) atoms. The third kappa shape index (κ3) is 5.79. The monoisotopic (exact) mass is 419 g/mol. The molecule has 0 spiro atoms. The van der Waals surface area contributed by atoms with Gasteiger partial charge in [0.05, 0.1) is 13.0 Å². The highest BCUT2D eigenvalue weighted by atomic mass is 16.5. The fraction of sp³-hybridized carbons (Fsp3) is 0.400. The van der Waals surface area contributed by atoms with Crippen molar-refractivity contribution in [1.29, 1.82) is 0 Å². The van der Waals surface area contributed by atoms with Gasteiger partial charge in [-0.05, 0) is 35.4 Å². The molecule has 2 heterocycles. The lowest BCUT2D eigenvalue weighted by Crippen LogP contribution is -2.41. The van der Waals surface area contributed by atoms with E-state index < -0.39 is 0 Å². The standard InChI is InChI=1S/C25H29N3O3/c1-30-18-20-6-5-15-28(17-20)25(29)14-13-23-26-27-24(31-23)16-19-9-11-22(12-10-19)21-7-3-2-4-8-21/h2-4,7-12,20H,5-6,13-18H2,1H3. The summed E-state index contributed by atoms with van der Waals surface area (Å²) in [6, 6.07) is 18.7. The lowest BCUT2D eigenvalue weighted by molar-refractivity contribution is -0.133. The lowest BCUT2D eigenvalue weighted by atomic mass is 9.98. The van der Waals surface area contributed by atoms with E-state index in [0.29, 0.717) is 43.6 Å². The molecular formula is C25H29N3O3. The Labute approximate surface area is 183 Å². The number of benzene rings is 2. The molecule has 4 rings (SSSR count). The maximum absolute atomic E-state index is 12.6. The van der Waals surface area contributed by atoms with Gasteiger partial charge in [-0.15, -0.1) is 10.2 Å².